The summed E-state index contributed by atoms with van der Waals surface area (Å²) >= 11 is 11.7. The summed E-state index contributed by atoms with van der Waals surface area (Å²) in [6.07, 6.45) is -4.33. The van der Waals surface area contributed by atoms with Crippen molar-refractivity contribution in [1.82, 2.24) is 0 Å². The second kappa shape index (κ2) is 5.43. The smallest absolute Gasteiger partial charge is 0.166 e. The lowest BCUT2D eigenvalue weighted by Gasteiger charge is -2.10. The van der Waals surface area contributed by atoms with Crippen LogP contribution in [0, 0.1) is 0 Å². The molecule has 0 aromatic heterocycles. The van der Waals surface area contributed by atoms with Crippen LogP contribution >= 0.6 is 23.2 Å². The zero-order chi connectivity index (χ0) is 14.0. The van der Waals surface area contributed by atoms with Crippen LogP contribution in [0.15, 0.2) is 42.5 Å². The first kappa shape index (κ1) is 14.2. The van der Waals surface area contributed by atoms with Crippen LogP contribution in [-0.4, -0.2) is 0 Å². The second-order valence-corrected chi connectivity index (χ2v) is 4.71. The highest BCUT2D eigenvalue weighted by molar-refractivity contribution is 6.30. The molecule has 0 saturated heterocycles. The Morgan fingerprint density at radius 2 is 1.58 bits per heavy atom. The Balaban J connectivity index is 2.43. The van der Waals surface area contributed by atoms with Gasteiger partial charge in [-0.1, -0.05) is 29.8 Å². The van der Waals surface area contributed by atoms with E-state index in [1.807, 2.05) is 0 Å². The molecule has 0 atom stereocenters. The van der Waals surface area contributed by atoms with E-state index < -0.39 is 11.7 Å². The average molecular weight is 305 g/mol. The van der Waals surface area contributed by atoms with Crippen molar-refractivity contribution in [2.75, 3.05) is 0 Å². The zero-order valence-corrected chi connectivity index (χ0v) is 11.2. The number of rotatable bonds is 2. The van der Waals surface area contributed by atoms with Crippen molar-refractivity contribution >= 4 is 23.2 Å². The molecule has 0 aliphatic rings. The maximum absolute atomic E-state index is 12.5. The normalized spacial score (nSPS) is 11.6. The first-order valence-corrected chi connectivity index (χ1v) is 6.35. The molecular formula is C14H9Cl2F3. The third kappa shape index (κ3) is 3.23. The van der Waals surface area contributed by atoms with Gasteiger partial charge in [-0.25, -0.2) is 0 Å². The number of hydrogen-bond donors (Lipinski definition) is 0. The van der Waals surface area contributed by atoms with Crippen molar-refractivity contribution in [2.45, 2.75) is 12.1 Å². The lowest BCUT2D eigenvalue weighted by atomic mass is 9.99. The molecule has 0 fully saturated rings. The molecule has 0 saturated carbocycles. The van der Waals surface area contributed by atoms with Gasteiger partial charge in [-0.2, -0.15) is 13.2 Å². The molecule has 0 aliphatic carbocycles. The van der Waals surface area contributed by atoms with Crippen LogP contribution in [0.3, 0.4) is 0 Å². The molecule has 0 spiro atoms. The largest absolute Gasteiger partial charge is 0.416 e. The van der Waals surface area contributed by atoms with Crippen LogP contribution < -0.4 is 0 Å². The maximum atomic E-state index is 12.5. The minimum absolute atomic E-state index is 0.247. The quantitative estimate of drug-likeness (QED) is 0.618. The van der Waals surface area contributed by atoms with E-state index in [2.05, 4.69) is 0 Å². The number of halogens is 5. The third-order valence-electron chi connectivity index (χ3n) is 2.73. The molecule has 2 aromatic carbocycles. The molecule has 0 heterocycles. The first-order valence-electron chi connectivity index (χ1n) is 5.44. The van der Waals surface area contributed by atoms with Gasteiger partial charge in [-0.3, -0.25) is 0 Å². The third-order valence-corrected chi connectivity index (χ3v) is 3.26. The molecule has 0 nitrogen and oxygen atoms in total. The van der Waals surface area contributed by atoms with Crippen LogP contribution in [0.5, 0.6) is 0 Å². The van der Waals surface area contributed by atoms with Gasteiger partial charge in [0, 0.05) is 10.9 Å². The summed E-state index contributed by atoms with van der Waals surface area (Å²) in [6.45, 7) is 0. The van der Waals surface area contributed by atoms with Crippen molar-refractivity contribution in [2.24, 2.45) is 0 Å². The lowest BCUT2D eigenvalue weighted by molar-refractivity contribution is -0.137. The minimum atomic E-state index is -4.33. The standard InChI is InChI=1S/C14H9Cl2F3/c15-8-10-7-12(16)5-6-13(10)9-1-3-11(4-2-9)14(17,18)19/h1-7H,8H2. The number of alkyl halides is 4. The monoisotopic (exact) mass is 304 g/mol. The van der Waals surface area contributed by atoms with E-state index in [4.69, 9.17) is 23.2 Å². The van der Waals surface area contributed by atoms with Crippen molar-refractivity contribution in [3.63, 3.8) is 0 Å². The molecule has 2 rings (SSSR count). The van der Waals surface area contributed by atoms with E-state index >= 15 is 0 Å². The highest BCUT2D eigenvalue weighted by Gasteiger charge is 2.30. The van der Waals surface area contributed by atoms with Gasteiger partial charge in [-0.05, 0) is 41.0 Å². The average Bonchev–Trinajstić information content (AvgIpc) is 2.37. The van der Waals surface area contributed by atoms with Gasteiger partial charge in [0.2, 0.25) is 0 Å². The highest BCUT2D eigenvalue weighted by atomic mass is 35.5. The molecule has 2 aromatic rings. The molecule has 19 heavy (non-hydrogen) atoms. The topological polar surface area (TPSA) is 0 Å². The number of hydrogen-bond acceptors (Lipinski definition) is 0. The summed E-state index contributed by atoms with van der Waals surface area (Å²) < 4.78 is 37.4. The molecule has 0 radical (unpaired) electrons. The minimum Gasteiger partial charge on any atom is -0.166 e. The van der Waals surface area contributed by atoms with Gasteiger partial charge in [-0.15, -0.1) is 11.6 Å². The van der Waals surface area contributed by atoms with Crippen LogP contribution in [-0.2, 0) is 12.1 Å². The van der Waals surface area contributed by atoms with Crippen LogP contribution in [0.4, 0.5) is 13.2 Å². The zero-order valence-electron chi connectivity index (χ0n) is 9.64. The molecule has 0 aliphatic heterocycles. The van der Waals surface area contributed by atoms with Gasteiger partial charge in [0.1, 0.15) is 0 Å². The van der Waals surface area contributed by atoms with Gasteiger partial charge in [0.15, 0.2) is 0 Å². The Bertz CT molecular complexity index is 574. The summed E-state index contributed by atoms with van der Waals surface area (Å²) in [5.74, 6) is 0.247. The fourth-order valence-corrected chi connectivity index (χ4v) is 2.21. The Morgan fingerprint density at radius 1 is 0.947 bits per heavy atom. The van der Waals surface area contributed by atoms with E-state index in [1.165, 1.54) is 12.1 Å². The molecule has 0 unspecified atom stereocenters. The predicted octanol–water partition coefficient (Wildman–Crippen LogP) is 5.76. The first-order chi connectivity index (χ1) is 8.91. The van der Waals surface area contributed by atoms with E-state index in [0.717, 1.165) is 23.3 Å². The van der Waals surface area contributed by atoms with Crippen molar-refractivity contribution < 1.29 is 13.2 Å². The molecular weight excluding hydrogens is 296 g/mol. The fraction of sp³-hybridized carbons (Fsp3) is 0.143. The summed E-state index contributed by atoms with van der Waals surface area (Å²) in [5.41, 5.74) is 1.58. The Kier molecular flexibility index (Phi) is 4.07. The van der Waals surface area contributed by atoms with E-state index in [0.29, 0.717) is 10.6 Å². The Morgan fingerprint density at radius 3 is 2.11 bits per heavy atom. The summed E-state index contributed by atoms with van der Waals surface area (Å²) in [6, 6.07) is 10.1. The van der Waals surface area contributed by atoms with E-state index in [9.17, 15) is 13.2 Å². The van der Waals surface area contributed by atoms with Gasteiger partial charge in [0.25, 0.3) is 0 Å². The van der Waals surface area contributed by atoms with Crippen molar-refractivity contribution in [1.29, 1.82) is 0 Å². The Hall–Kier alpha value is -1.19. The van der Waals surface area contributed by atoms with Crippen LogP contribution in [0.2, 0.25) is 5.02 Å². The van der Waals surface area contributed by atoms with Crippen LogP contribution in [0.1, 0.15) is 11.1 Å². The SMILES string of the molecule is FC(F)(F)c1ccc(-c2ccc(Cl)cc2CCl)cc1. The molecule has 5 heteroatoms. The van der Waals surface area contributed by atoms with Gasteiger partial charge >= 0.3 is 6.18 Å². The van der Waals surface area contributed by atoms with E-state index in [1.54, 1.807) is 18.2 Å². The van der Waals surface area contributed by atoms with Crippen molar-refractivity contribution in [3.8, 4) is 11.1 Å². The molecule has 0 bridgehead atoms. The summed E-state index contributed by atoms with van der Waals surface area (Å²) in [5, 5.41) is 0.548. The van der Waals surface area contributed by atoms with Crippen LogP contribution in [0.25, 0.3) is 11.1 Å². The van der Waals surface area contributed by atoms with Gasteiger partial charge < -0.3 is 0 Å². The molecule has 100 valence electrons. The Labute approximate surface area is 118 Å². The fourth-order valence-electron chi connectivity index (χ4n) is 1.79. The van der Waals surface area contributed by atoms with E-state index in [-0.39, 0.29) is 5.88 Å². The van der Waals surface area contributed by atoms with Crippen molar-refractivity contribution in [3.05, 3.63) is 58.6 Å². The number of benzene rings is 2. The lowest BCUT2D eigenvalue weighted by Crippen LogP contribution is -2.04. The van der Waals surface area contributed by atoms with Gasteiger partial charge in [0.05, 0.1) is 5.56 Å². The summed E-state index contributed by atoms with van der Waals surface area (Å²) in [7, 11) is 0. The second-order valence-electron chi connectivity index (χ2n) is 4.01. The maximum Gasteiger partial charge on any atom is 0.416 e. The molecule has 0 N–H and O–H groups in total. The highest BCUT2D eigenvalue weighted by Crippen LogP contribution is 2.32. The predicted molar refractivity (Wildman–Crippen MR) is 71.4 cm³/mol. The molecule has 0 amide bonds. The summed E-state index contributed by atoms with van der Waals surface area (Å²) in [4.78, 5) is 0.